The quantitative estimate of drug-likeness (QED) is 0.482. The lowest BCUT2D eigenvalue weighted by Crippen LogP contribution is -2.56. The first-order chi connectivity index (χ1) is 13.3. The molecule has 1 unspecified atom stereocenters. The monoisotopic (exact) mass is 393 g/mol. The van der Waals surface area contributed by atoms with Gasteiger partial charge in [0.05, 0.1) is 18.8 Å². The van der Waals surface area contributed by atoms with Crippen LogP contribution in [0.2, 0.25) is 0 Å². The van der Waals surface area contributed by atoms with Crippen molar-refractivity contribution in [1.29, 1.82) is 0 Å². The molecule has 1 aromatic rings. The maximum absolute atomic E-state index is 12.0. The van der Waals surface area contributed by atoms with E-state index in [0.29, 0.717) is 12.1 Å². The van der Waals surface area contributed by atoms with Crippen molar-refractivity contribution in [1.82, 2.24) is 15.5 Å². The number of aliphatic hydroxyl groups excluding tert-OH is 1. The number of urea groups is 1. The third kappa shape index (κ3) is 6.69. The maximum atomic E-state index is 12.0. The molecule has 1 atom stereocenters. The normalized spacial score (nSPS) is 19.8. The number of nitrogens with zero attached hydrogens (tertiary/aromatic N) is 1. The molecule has 0 bridgehead atoms. The van der Waals surface area contributed by atoms with Crippen molar-refractivity contribution in [2.45, 2.75) is 57.9 Å². The zero-order valence-corrected chi connectivity index (χ0v) is 16.7. The molecular formula is C20H31N3O5. The Hall–Kier alpha value is -2.32. The highest BCUT2D eigenvalue weighted by atomic mass is 16.5. The van der Waals surface area contributed by atoms with Crippen LogP contribution in [0.1, 0.15) is 45.3 Å². The summed E-state index contributed by atoms with van der Waals surface area (Å²) in [6.45, 7) is 6.62. The largest absolute Gasteiger partial charge is 0.491 e. The van der Waals surface area contributed by atoms with Gasteiger partial charge < -0.3 is 25.6 Å². The Morgan fingerprint density at radius 2 is 1.89 bits per heavy atom. The van der Waals surface area contributed by atoms with E-state index in [1.807, 2.05) is 25.7 Å². The van der Waals surface area contributed by atoms with Gasteiger partial charge in [-0.2, -0.15) is 0 Å². The van der Waals surface area contributed by atoms with Crippen molar-refractivity contribution in [3.63, 3.8) is 0 Å². The summed E-state index contributed by atoms with van der Waals surface area (Å²) in [5.74, 6) is -0.103. The van der Waals surface area contributed by atoms with Gasteiger partial charge in [-0.3, -0.25) is 9.69 Å². The van der Waals surface area contributed by atoms with Crippen LogP contribution in [0.25, 0.3) is 0 Å². The van der Waals surface area contributed by atoms with Gasteiger partial charge in [0.25, 0.3) is 0 Å². The Morgan fingerprint density at radius 3 is 2.43 bits per heavy atom. The average Bonchev–Trinajstić information content (AvgIpc) is 2.60. The molecule has 1 aliphatic rings. The minimum absolute atomic E-state index is 0.0211. The van der Waals surface area contributed by atoms with E-state index in [0.717, 1.165) is 18.6 Å². The number of carboxylic acid groups (broad SMARTS) is 1. The summed E-state index contributed by atoms with van der Waals surface area (Å²) < 4.78 is 5.57. The summed E-state index contributed by atoms with van der Waals surface area (Å²) in [6.07, 6.45) is 0.739. The molecule has 8 heteroatoms. The standard InChI is InChI=1S/C20H31N3O5/c1-4-23(12-19(25)26)16-9-15(10-16)22-20(27)21-11-18(24)14-5-7-17(8-6-14)28-13(2)3/h5-8,13,15-16,18,24H,4,9-12H2,1-3H3,(H,25,26)(H2,21,22,27). The first kappa shape index (κ1) is 22.0. The van der Waals surface area contributed by atoms with Gasteiger partial charge in [-0.15, -0.1) is 0 Å². The van der Waals surface area contributed by atoms with Crippen LogP contribution >= 0.6 is 0 Å². The summed E-state index contributed by atoms with van der Waals surface area (Å²) in [5.41, 5.74) is 0.701. The van der Waals surface area contributed by atoms with Gasteiger partial charge in [0, 0.05) is 18.6 Å². The fourth-order valence-electron chi connectivity index (χ4n) is 3.26. The van der Waals surface area contributed by atoms with E-state index >= 15 is 0 Å². The number of nitrogens with one attached hydrogen (secondary N) is 2. The number of carboxylic acids is 1. The number of benzene rings is 1. The summed E-state index contributed by atoms with van der Waals surface area (Å²) in [6, 6.07) is 7.03. The number of ether oxygens (including phenoxy) is 1. The molecule has 0 aliphatic heterocycles. The molecule has 0 radical (unpaired) electrons. The summed E-state index contributed by atoms with van der Waals surface area (Å²) in [5, 5.41) is 24.7. The topological polar surface area (TPSA) is 111 Å². The van der Waals surface area contributed by atoms with E-state index in [2.05, 4.69) is 10.6 Å². The predicted octanol–water partition coefficient (Wildman–Crippen LogP) is 1.74. The van der Waals surface area contributed by atoms with E-state index < -0.39 is 12.1 Å². The second kappa shape index (κ2) is 10.3. The van der Waals surface area contributed by atoms with Gasteiger partial charge in [-0.25, -0.2) is 4.79 Å². The molecule has 1 aliphatic carbocycles. The highest BCUT2D eigenvalue weighted by Crippen LogP contribution is 2.25. The molecule has 2 amide bonds. The number of hydrogen-bond acceptors (Lipinski definition) is 5. The van der Waals surface area contributed by atoms with Gasteiger partial charge in [0.1, 0.15) is 5.75 Å². The molecule has 28 heavy (non-hydrogen) atoms. The van der Waals surface area contributed by atoms with Gasteiger partial charge in [-0.05, 0) is 50.9 Å². The number of amides is 2. The van der Waals surface area contributed by atoms with Crippen molar-refractivity contribution in [2.24, 2.45) is 0 Å². The minimum atomic E-state index is -0.839. The number of hydrogen-bond donors (Lipinski definition) is 4. The van der Waals surface area contributed by atoms with Crippen LogP contribution in [-0.2, 0) is 4.79 Å². The van der Waals surface area contributed by atoms with E-state index in [1.165, 1.54) is 0 Å². The number of likely N-dealkylation sites (N-methyl/N-ethyl adjacent to an activating group) is 1. The molecule has 0 spiro atoms. The summed E-state index contributed by atoms with van der Waals surface area (Å²) >= 11 is 0. The molecule has 0 heterocycles. The Kier molecular flexibility index (Phi) is 8.07. The second-order valence-electron chi connectivity index (χ2n) is 7.38. The number of aliphatic hydroxyl groups is 1. The van der Waals surface area contributed by atoms with Crippen LogP contribution in [0.3, 0.4) is 0 Å². The average molecular weight is 393 g/mol. The molecule has 1 aromatic carbocycles. The highest BCUT2D eigenvalue weighted by Gasteiger charge is 2.34. The number of carbonyl (C=O) groups excluding carboxylic acids is 1. The maximum Gasteiger partial charge on any atom is 0.317 e. The zero-order valence-electron chi connectivity index (χ0n) is 16.7. The van der Waals surface area contributed by atoms with Crippen LogP contribution in [0.4, 0.5) is 4.79 Å². The highest BCUT2D eigenvalue weighted by molar-refractivity contribution is 5.74. The molecule has 2 rings (SSSR count). The summed E-state index contributed by atoms with van der Waals surface area (Å²) in [4.78, 5) is 24.8. The second-order valence-corrected chi connectivity index (χ2v) is 7.38. The van der Waals surface area contributed by atoms with Gasteiger partial charge in [0.15, 0.2) is 0 Å². The number of rotatable bonds is 10. The zero-order chi connectivity index (χ0) is 20.7. The number of carbonyl (C=O) groups is 2. The Balaban J connectivity index is 1.69. The van der Waals surface area contributed by atoms with Crippen molar-refractivity contribution in [3.8, 4) is 5.75 Å². The van der Waals surface area contributed by atoms with Crippen LogP contribution in [0.5, 0.6) is 5.75 Å². The van der Waals surface area contributed by atoms with E-state index in [4.69, 9.17) is 9.84 Å². The van der Waals surface area contributed by atoms with Crippen LogP contribution in [0, 0.1) is 0 Å². The molecule has 0 aromatic heterocycles. The van der Waals surface area contributed by atoms with Gasteiger partial charge in [-0.1, -0.05) is 19.1 Å². The molecule has 1 saturated carbocycles. The number of aliphatic carboxylic acids is 1. The van der Waals surface area contributed by atoms with Crippen LogP contribution in [0.15, 0.2) is 24.3 Å². The third-order valence-electron chi connectivity index (χ3n) is 4.80. The lowest BCUT2D eigenvalue weighted by atomic mass is 9.85. The van der Waals surface area contributed by atoms with E-state index in [9.17, 15) is 14.7 Å². The minimum Gasteiger partial charge on any atom is -0.491 e. The molecule has 4 N–H and O–H groups in total. The molecule has 0 saturated heterocycles. The lowest BCUT2D eigenvalue weighted by Gasteiger charge is -2.42. The lowest BCUT2D eigenvalue weighted by molar-refractivity contribution is -0.139. The van der Waals surface area contributed by atoms with Gasteiger partial charge in [0.2, 0.25) is 0 Å². The van der Waals surface area contributed by atoms with E-state index in [-0.39, 0.29) is 37.3 Å². The smallest absolute Gasteiger partial charge is 0.317 e. The molecule has 8 nitrogen and oxygen atoms in total. The van der Waals surface area contributed by atoms with Crippen molar-refractivity contribution in [3.05, 3.63) is 29.8 Å². The fourth-order valence-corrected chi connectivity index (χ4v) is 3.26. The Labute approximate surface area is 165 Å². The van der Waals surface area contributed by atoms with E-state index in [1.54, 1.807) is 24.3 Å². The fraction of sp³-hybridized carbons (Fsp3) is 0.600. The molecular weight excluding hydrogens is 362 g/mol. The summed E-state index contributed by atoms with van der Waals surface area (Å²) in [7, 11) is 0. The Bertz CT molecular complexity index is 644. The van der Waals surface area contributed by atoms with Crippen LogP contribution in [-0.4, -0.2) is 64.9 Å². The first-order valence-corrected chi connectivity index (χ1v) is 9.73. The molecule has 1 fully saturated rings. The third-order valence-corrected chi connectivity index (χ3v) is 4.80. The first-order valence-electron chi connectivity index (χ1n) is 9.73. The van der Waals surface area contributed by atoms with Gasteiger partial charge >= 0.3 is 12.0 Å². The predicted molar refractivity (Wildman–Crippen MR) is 105 cm³/mol. The Morgan fingerprint density at radius 1 is 1.25 bits per heavy atom. The van der Waals surface area contributed by atoms with Crippen molar-refractivity contribution in [2.75, 3.05) is 19.6 Å². The molecule has 156 valence electrons. The van der Waals surface area contributed by atoms with Crippen molar-refractivity contribution < 1.29 is 24.5 Å². The van der Waals surface area contributed by atoms with Crippen LogP contribution < -0.4 is 15.4 Å². The SMILES string of the molecule is CCN(CC(=O)O)C1CC(NC(=O)NCC(O)c2ccc(OC(C)C)cc2)C1. The van der Waals surface area contributed by atoms with Crippen molar-refractivity contribution >= 4 is 12.0 Å².